The molecule has 2 fully saturated rings. The van der Waals surface area contributed by atoms with E-state index in [9.17, 15) is 4.79 Å². The van der Waals surface area contributed by atoms with E-state index in [2.05, 4.69) is 95.3 Å². The third kappa shape index (κ3) is 4.27. The van der Waals surface area contributed by atoms with Crippen LogP contribution in [0.25, 0.3) is 0 Å². The second kappa shape index (κ2) is 9.96. The smallest absolute Gasteiger partial charge is 0.407 e. The number of carbonyl (C=O) groups is 1. The Labute approximate surface area is 224 Å². The number of carbonyl (C=O) groups excluding carboxylic acids is 1. The molecular weight excluding hydrogens is 442 g/mol. The summed E-state index contributed by atoms with van der Waals surface area (Å²) >= 11 is 0. The molecule has 3 aliphatic rings. The summed E-state index contributed by atoms with van der Waals surface area (Å²) in [4.78, 5) is 11.9. The highest BCUT2D eigenvalue weighted by atomic mass is 16.5. The van der Waals surface area contributed by atoms with Crippen LogP contribution in [-0.4, -0.2) is 19.2 Å². The van der Waals surface area contributed by atoms with Gasteiger partial charge in [-0.3, -0.25) is 0 Å². The predicted molar refractivity (Wildman–Crippen MR) is 153 cm³/mol. The highest BCUT2D eigenvalue weighted by Gasteiger charge is 2.63. The zero-order valence-corrected chi connectivity index (χ0v) is 26.2. The van der Waals surface area contributed by atoms with Gasteiger partial charge in [0.15, 0.2) is 0 Å². The first-order valence-electron chi connectivity index (χ1n) is 15.0. The van der Waals surface area contributed by atoms with Gasteiger partial charge < -0.3 is 10.1 Å². The van der Waals surface area contributed by atoms with Gasteiger partial charge in [-0.1, -0.05) is 87.3 Å². The molecule has 12 atom stereocenters. The van der Waals surface area contributed by atoms with Crippen molar-refractivity contribution >= 4 is 6.09 Å². The van der Waals surface area contributed by atoms with E-state index in [0.29, 0.717) is 35.0 Å². The molecule has 3 rings (SSSR count). The van der Waals surface area contributed by atoms with Crippen LogP contribution in [0.5, 0.6) is 0 Å². The topological polar surface area (TPSA) is 38.3 Å². The van der Waals surface area contributed by atoms with Crippen LogP contribution in [-0.2, 0) is 4.74 Å². The second-order valence-corrected chi connectivity index (χ2v) is 14.9. The van der Waals surface area contributed by atoms with E-state index in [1.165, 1.54) is 20.0 Å². The number of amides is 1. The highest BCUT2D eigenvalue weighted by Crippen LogP contribution is 2.70. The van der Waals surface area contributed by atoms with Crippen molar-refractivity contribution in [1.82, 2.24) is 5.32 Å². The molecule has 3 aliphatic carbocycles. The minimum absolute atomic E-state index is 0.0972. The van der Waals surface area contributed by atoms with Gasteiger partial charge in [-0.25, -0.2) is 4.79 Å². The maximum Gasteiger partial charge on any atom is 0.407 e. The van der Waals surface area contributed by atoms with Gasteiger partial charge in [-0.15, -0.1) is 0 Å². The maximum absolute atomic E-state index is 11.9. The van der Waals surface area contributed by atoms with Crippen molar-refractivity contribution in [3.63, 3.8) is 0 Å². The summed E-state index contributed by atoms with van der Waals surface area (Å²) in [5, 5.41) is 3.04. The number of alkyl carbamates (subject to hydrolysis) is 1. The summed E-state index contributed by atoms with van der Waals surface area (Å²) in [5.74, 6) is 5.85. The lowest BCUT2D eigenvalue weighted by Crippen LogP contribution is -2.61. The number of methoxy groups -OCH3 is 1. The number of nitrogens with one attached hydrogen (secondary N) is 1. The first-order chi connectivity index (χ1) is 16.5. The van der Waals surface area contributed by atoms with Crippen molar-refractivity contribution in [3.05, 3.63) is 11.1 Å². The molecule has 0 heterocycles. The van der Waals surface area contributed by atoms with Gasteiger partial charge >= 0.3 is 6.09 Å². The molecule has 36 heavy (non-hydrogen) atoms. The summed E-state index contributed by atoms with van der Waals surface area (Å²) < 4.78 is 4.88. The fourth-order valence-corrected chi connectivity index (χ4v) is 10.1. The van der Waals surface area contributed by atoms with Crippen LogP contribution >= 0.6 is 0 Å². The summed E-state index contributed by atoms with van der Waals surface area (Å²) in [6.45, 7) is 32.8. The van der Waals surface area contributed by atoms with Gasteiger partial charge in [0.1, 0.15) is 0 Å². The first kappa shape index (κ1) is 29.6. The van der Waals surface area contributed by atoms with Crippen molar-refractivity contribution in [2.75, 3.05) is 7.11 Å². The molecule has 0 aromatic heterocycles. The van der Waals surface area contributed by atoms with E-state index in [1.807, 2.05) is 0 Å². The van der Waals surface area contributed by atoms with Crippen LogP contribution < -0.4 is 5.32 Å². The second-order valence-electron chi connectivity index (χ2n) is 14.9. The highest BCUT2D eigenvalue weighted by molar-refractivity contribution is 5.67. The predicted octanol–water partition coefficient (Wildman–Crippen LogP) is 8.98. The third-order valence-electron chi connectivity index (χ3n) is 13.5. The maximum atomic E-state index is 11.9. The number of rotatable bonds is 4. The lowest BCUT2D eigenvalue weighted by Gasteiger charge is -2.68. The molecule has 3 heteroatoms. The molecule has 0 aromatic carbocycles. The van der Waals surface area contributed by atoms with Gasteiger partial charge in [-0.05, 0) is 103 Å². The largest absolute Gasteiger partial charge is 0.453 e. The summed E-state index contributed by atoms with van der Waals surface area (Å²) in [7, 11) is 1.45. The van der Waals surface area contributed by atoms with E-state index in [0.717, 1.165) is 30.1 Å². The van der Waals surface area contributed by atoms with E-state index < -0.39 is 0 Å². The standard InChI is InChI=1S/C33H59NO2/c1-18-15-20(3)33(13)24(7)22(5)28-23(6)27(16-19(2)26(9)34-30(35)36-14)17-32(12,31(28,10)11)25(8)29(33)21(18)4/h18-22,24-27,29H,15-17H2,1-14H3,(H,34,35). The molecule has 0 aromatic rings. The minimum atomic E-state index is -0.323. The fraction of sp³-hybridized carbons (Fsp3) is 0.909. The van der Waals surface area contributed by atoms with Gasteiger partial charge in [0.05, 0.1) is 7.11 Å². The zero-order valence-electron chi connectivity index (χ0n) is 26.2. The molecule has 0 spiro atoms. The molecule has 2 bridgehead atoms. The average molecular weight is 502 g/mol. The Morgan fingerprint density at radius 3 is 2.17 bits per heavy atom. The Kier molecular flexibility index (Phi) is 8.18. The number of ether oxygens (including phenoxy) is 1. The summed E-state index contributed by atoms with van der Waals surface area (Å²) in [6.07, 6.45) is 3.40. The number of hydrogen-bond acceptors (Lipinski definition) is 2. The van der Waals surface area contributed by atoms with Crippen LogP contribution in [0.4, 0.5) is 4.79 Å². The van der Waals surface area contributed by atoms with Crippen molar-refractivity contribution in [1.29, 1.82) is 0 Å². The Morgan fingerprint density at radius 1 is 1.03 bits per heavy atom. The van der Waals surface area contributed by atoms with E-state index >= 15 is 0 Å². The molecule has 0 aliphatic heterocycles. The van der Waals surface area contributed by atoms with Gasteiger partial charge in [0.2, 0.25) is 0 Å². The molecule has 3 nitrogen and oxygen atoms in total. The Hall–Kier alpha value is -0.990. The monoisotopic (exact) mass is 501 g/mol. The van der Waals surface area contributed by atoms with Gasteiger partial charge in [0, 0.05) is 6.04 Å². The van der Waals surface area contributed by atoms with Crippen LogP contribution in [0.15, 0.2) is 11.1 Å². The molecule has 2 saturated carbocycles. The van der Waals surface area contributed by atoms with Crippen molar-refractivity contribution in [2.45, 2.75) is 115 Å². The number of hydrogen-bond donors (Lipinski definition) is 1. The lowest BCUT2D eigenvalue weighted by molar-refractivity contribution is -0.159. The van der Waals surface area contributed by atoms with E-state index in [1.54, 1.807) is 11.1 Å². The van der Waals surface area contributed by atoms with E-state index in [-0.39, 0.29) is 23.0 Å². The molecule has 208 valence electrons. The Morgan fingerprint density at radius 2 is 1.61 bits per heavy atom. The average Bonchev–Trinajstić information content (AvgIpc) is 2.79. The van der Waals surface area contributed by atoms with Crippen LogP contribution in [0.2, 0.25) is 0 Å². The van der Waals surface area contributed by atoms with Crippen LogP contribution in [0, 0.1) is 69.5 Å². The fourth-order valence-electron chi connectivity index (χ4n) is 10.1. The molecule has 1 amide bonds. The summed E-state index contributed by atoms with van der Waals surface area (Å²) in [5.41, 5.74) is 4.15. The molecule has 1 N–H and O–H groups in total. The third-order valence-corrected chi connectivity index (χ3v) is 13.5. The van der Waals surface area contributed by atoms with Crippen molar-refractivity contribution < 1.29 is 9.53 Å². The van der Waals surface area contributed by atoms with Crippen LogP contribution in [0.1, 0.15) is 109 Å². The molecule has 0 saturated heterocycles. The van der Waals surface area contributed by atoms with Crippen molar-refractivity contribution in [2.24, 2.45) is 69.5 Å². The normalized spacial score (nSPS) is 46.2. The summed E-state index contributed by atoms with van der Waals surface area (Å²) in [6, 6.07) is 0.0972. The molecule has 0 radical (unpaired) electrons. The number of fused-ring (bicyclic) bond motifs is 3. The SMILES string of the molecule is COC(=O)NC(C)C(C)CC1CC2(C)C(C)C3C(C)C(C)CC(C)C3(C)C(C)C(C)C(=C1C)C2(C)C. The Balaban J connectivity index is 2.13. The molecular formula is C33H59NO2. The van der Waals surface area contributed by atoms with Gasteiger partial charge in [0.25, 0.3) is 0 Å². The molecule has 12 unspecified atom stereocenters. The zero-order chi connectivity index (χ0) is 27.5. The number of allylic oxidation sites excluding steroid dienone is 2. The Bertz CT molecular complexity index is 860. The quantitative estimate of drug-likeness (QED) is 0.390. The first-order valence-corrected chi connectivity index (χ1v) is 15.0. The van der Waals surface area contributed by atoms with Gasteiger partial charge in [-0.2, -0.15) is 0 Å². The van der Waals surface area contributed by atoms with E-state index in [4.69, 9.17) is 4.74 Å². The van der Waals surface area contributed by atoms with Crippen LogP contribution in [0.3, 0.4) is 0 Å². The lowest BCUT2D eigenvalue weighted by atomic mass is 9.37. The minimum Gasteiger partial charge on any atom is -0.453 e. The van der Waals surface area contributed by atoms with Crippen molar-refractivity contribution in [3.8, 4) is 0 Å².